The zero-order valence-corrected chi connectivity index (χ0v) is 14.3. The molecule has 2 aromatic rings. The van der Waals surface area contributed by atoms with Gasteiger partial charge in [-0.3, -0.25) is 10.2 Å². The third-order valence-electron chi connectivity index (χ3n) is 3.07. The zero-order valence-electron chi connectivity index (χ0n) is 13.5. The Morgan fingerprint density at radius 1 is 1.08 bits per heavy atom. The fraction of sp³-hybridized carbons (Fsp3) is 0.188. The molecule has 0 atom stereocenters. The van der Waals surface area contributed by atoms with Gasteiger partial charge in [-0.25, -0.2) is 17.2 Å². The van der Waals surface area contributed by atoms with E-state index in [4.69, 9.17) is 4.74 Å². The number of aryl methyl sites for hydroxylation is 2. The van der Waals surface area contributed by atoms with Crippen LogP contribution in [0.2, 0.25) is 0 Å². The zero-order chi connectivity index (χ0) is 18.6. The van der Waals surface area contributed by atoms with Crippen LogP contribution in [0.5, 0.6) is 5.75 Å². The highest BCUT2D eigenvalue weighted by Crippen LogP contribution is 2.16. The van der Waals surface area contributed by atoms with E-state index in [-0.39, 0.29) is 0 Å². The van der Waals surface area contributed by atoms with E-state index in [1.807, 2.05) is 25.3 Å². The van der Waals surface area contributed by atoms with Crippen LogP contribution in [0.15, 0.2) is 41.3 Å². The van der Waals surface area contributed by atoms with Crippen LogP contribution in [0.3, 0.4) is 0 Å². The molecule has 0 spiro atoms. The van der Waals surface area contributed by atoms with Crippen molar-refractivity contribution >= 4 is 15.9 Å². The number of ether oxygens (including phenoxy) is 1. The standard InChI is InChI=1S/C16H16F2N2O4S/c1-10-5-11(2)7-13(6-10)24-9-16(21)19-20-25(22,23)15-8-12(17)3-4-14(15)18/h3-8,20H,9H2,1-2H3,(H,19,21). The molecule has 0 aliphatic heterocycles. The van der Waals surface area contributed by atoms with E-state index in [1.165, 1.54) is 0 Å². The number of nitrogens with one attached hydrogen (secondary N) is 2. The van der Waals surface area contributed by atoms with Crippen molar-refractivity contribution in [3.8, 4) is 5.75 Å². The third-order valence-corrected chi connectivity index (χ3v) is 4.34. The molecule has 2 aromatic carbocycles. The number of hydrogen-bond acceptors (Lipinski definition) is 4. The molecule has 2 rings (SSSR count). The molecule has 0 saturated carbocycles. The Morgan fingerprint density at radius 2 is 1.72 bits per heavy atom. The van der Waals surface area contributed by atoms with Gasteiger partial charge in [0.15, 0.2) is 6.61 Å². The first-order chi connectivity index (χ1) is 11.7. The number of carbonyl (C=O) groups excluding carboxylic acids is 1. The van der Waals surface area contributed by atoms with E-state index >= 15 is 0 Å². The highest BCUT2D eigenvalue weighted by atomic mass is 32.2. The largest absolute Gasteiger partial charge is 0.484 e. The maximum Gasteiger partial charge on any atom is 0.272 e. The summed E-state index contributed by atoms with van der Waals surface area (Å²) in [6.07, 6.45) is 0. The second-order valence-corrected chi connectivity index (χ2v) is 6.99. The molecule has 0 aliphatic carbocycles. The van der Waals surface area contributed by atoms with E-state index in [9.17, 15) is 22.0 Å². The van der Waals surface area contributed by atoms with Gasteiger partial charge in [0, 0.05) is 0 Å². The lowest BCUT2D eigenvalue weighted by Gasteiger charge is -2.11. The van der Waals surface area contributed by atoms with Crippen molar-refractivity contribution in [1.82, 2.24) is 10.3 Å². The van der Waals surface area contributed by atoms with Crippen LogP contribution >= 0.6 is 0 Å². The van der Waals surface area contributed by atoms with Gasteiger partial charge in [-0.1, -0.05) is 6.07 Å². The van der Waals surface area contributed by atoms with Crippen LogP contribution in [0.1, 0.15) is 11.1 Å². The molecule has 6 nitrogen and oxygen atoms in total. The summed E-state index contributed by atoms with van der Waals surface area (Å²) in [6.45, 7) is 3.26. The first-order valence-electron chi connectivity index (χ1n) is 7.14. The number of sulfonamides is 1. The molecule has 0 saturated heterocycles. The van der Waals surface area contributed by atoms with Crippen molar-refractivity contribution in [1.29, 1.82) is 0 Å². The Morgan fingerprint density at radius 3 is 2.36 bits per heavy atom. The summed E-state index contributed by atoms with van der Waals surface area (Å²) in [6, 6.07) is 7.32. The fourth-order valence-corrected chi connectivity index (χ4v) is 3.01. The number of hydrogen-bond donors (Lipinski definition) is 2. The average molecular weight is 370 g/mol. The lowest BCUT2D eigenvalue weighted by atomic mass is 10.1. The van der Waals surface area contributed by atoms with Gasteiger partial charge >= 0.3 is 0 Å². The minimum Gasteiger partial charge on any atom is -0.484 e. The molecule has 0 bridgehead atoms. The third kappa shape index (κ3) is 5.23. The molecule has 134 valence electrons. The van der Waals surface area contributed by atoms with Crippen LogP contribution in [0, 0.1) is 25.5 Å². The number of halogens is 2. The van der Waals surface area contributed by atoms with Crippen molar-refractivity contribution in [3.63, 3.8) is 0 Å². The average Bonchev–Trinajstić information content (AvgIpc) is 2.52. The second-order valence-electron chi connectivity index (χ2n) is 5.34. The Labute approximate surface area is 143 Å². The highest BCUT2D eigenvalue weighted by molar-refractivity contribution is 7.89. The summed E-state index contributed by atoms with van der Waals surface area (Å²) in [5.74, 6) is -2.42. The van der Waals surface area contributed by atoms with Crippen molar-refractivity contribution in [2.45, 2.75) is 18.7 Å². The molecule has 0 aliphatic rings. The summed E-state index contributed by atoms with van der Waals surface area (Å²) in [5, 5.41) is 0. The Kier molecular flexibility index (Phi) is 5.70. The molecule has 0 heterocycles. The van der Waals surface area contributed by atoms with Gasteiger partial charge in [0.2, 0.25) is 0 Å². The fourth-order valence-electron chi connectivity index (χ4n) is 2.06. The van der Waals surface area contributed by atoms with E-state index in [1.54, 1.807) is 17.0 Å². The first kappa shape index (κ1) is 18.8. The summed E-state index contributed by atoms with van der Waals surface area (Å²) in [4.78, 5) is 12.5. The normalized spacial score (nSPS) is 11.2. The van der Waals surface area contributed by atoms with Crippen molar-refractivity contribution < 1.29 is 26.7 Å². The molecular weight excluding hydrogens is 354 g/mol. The first-order valence-corrected chi connectivity index (χ1v) is 8.62. The number of hydrazine groups is 1. The summed E-state index contributed by atoms with van der Waals surface area (Å²) in [5.41, 5.74) is 3.76. The van der Waals surface area contributed by atoms with Gasteiger partial charge < -0.3 is 4.74 Å². The predicted molar refractivity (Wildman–Crippen MR) is 86.2 cm³/mol. The van der Waals surface area contributed by atoms with Crippen molar-refractivity contribution in [2.24, 2.45) is 0 Å². The van der Waals surface area contributed by atoms with Crippen molar-refractivity contribution in [3.05, 3.63) is 59.2 Å². The van der Waals surface area contributed by atoms with Gasteiger partial charge in [0.05, 0.1) is 0 Å². The lowest BCUT2D eigenvalue weighted by Crippen LogP contribution is -2.44. The summed E-state index contributed by atoms with van der Waals surface area (Å²) >= 11 is 0. The van der Waals surface area contributed by atoms with Gasteiger partial charge in [-0.05, 0) is 55.3 Å². The molecule has 25 heavy (non-hydrogen) atoms. The predicted octanol–water partition coefficient (Wildman–Crippen LogP) is 1.97. The lowest BCUT2D eigenvalue weighted by molar-refractivity contribution is -0.123. The Bertz CT molecular complexity index is 881. The van der Waals surface area contributed by atoms with Crippen LogP contribution in [-0.2, 0) is 14.8 Å². The maximum atomic E-state index is 13.5. The number of amides is 1. The Balaban J connectivity index is 1.96. The highest BCUT2D eigenvalue weighted by Gasteiger charge is 2.20. The monoisotopic (exact) mass is 370 g/mol. The van der Waals surface area contributed by atoms with Crippen molar-refractivity contribution in [2.75, 3.05) is 6.61 Å². The topological polar surface area (TPSA) is 84.5 Å². The van der Waals surface area contributed by atoms with Gasteiger partial charge in [-0.15, -0.1) is 4.83 Å². The van der Waals surface area contributed by atoms with Gasteiger partial charge in [-0.2, -0.15) is 0 Å². The maximum absolute atomic E-state index is 13.5. The Hall–Kier alpha value is -2.52. The molecule has 0 aromatic heterocycles. The second kappa shape index (κ2) is 7.58. The van der Waals surface area contributed by atoms with Crippen LogP contribution < -0.4 is 15.0 Å². The van der Waals surface area contributed by atoms with Crippen LogP contribution in [0.4, 0.5) is 8.78 Å². The molecule has 0 radical (unpaired) electrons. The van der Waals surface area contributed by atoms with E-state index < -0.39 is 39.1 Å². The molecule has 0 unspecified atom stereocenters. The van der Waals surface area contributed by atoms with Gasteiger partial charge in [0.1, 0.15) is 22.3 Å². The summed E-state index contributed by atoms with van der Waals surface area (Å²) < 4.78 is 55.7. The van der Waals surface area contributed by atoms with E-state index in [2.05, 4.69) is 0 Å². The minimum atomic E-state index is -4.46. The molecular formula is C16H16F2N2O4S. The minimum absolute atomic E-state index is 0.451. The van der Waals surface area contributed by atoms with Crippen LogP contribution in [-0.4, -0.2) is 20.9 Å². The quantitative estimate of drug-likeness (QED) is 0.762. The smallest absolute Gasteiger partial charge is 0.272 e. The number of carbonyl (C=O) groups is 1. The molecule has 0 fully saturated rings. The number of rotatable bonds is 6. The SMILES string of the molecule is Cc1cc(C)cc(OCC(=O)NNS(=O)(=O)c2cc(F)ccc2F)c1. The molecule has 2 N–H and O–H groups in total. The number of benzene rings is 2. The van der Waals surface area contributed by atoms with E-state index in [0.29, 0.717) is 17.9 Å². The van der Waals surface area contributed by atoms with Gasteiger partial charge in [0.25, 0.3) is 15.9 Å². The summed E-state index contributed by atoms with van der Waals surface area (Å²) in [7, 11) is -4.46. The molecule has 9 heteroatoms. The van der Waals surface area contributed by atoms with E-state index in [0.717, 1.165) is 17.2 Å². The van der Waals surface area contributed by atoms with Crippen LogP contribution in [0.25, 0.3) is 0 Å². The molecule has 1 amide bonds.